The van der Waals surface area contributed by atoms with Crippen LogP contribution in [0.2, 0.25) is 0 Å². The minimum Gasteiger partial charge on any atom is -0.481 e. The minimum atomic E-state index is -0.701. The Morgan fingerprint density at radius 1 is 0.885 bits per heavy atom. The molecule has 0 unspecified atom stereocenters. The SMILES string of the molecule is Cl.O=C(O)CCCN1CCC(=C(c2ccccc2)c2ccccc2)CC1. The van der Waals surface area contributed by atoms with E-state index in [2.05, 4.69) is 65.6 Å². The van der Waals surface area contributed by atoms with Crippen LogP contribution in [0.4, 0.5) is 0 Å². The molecular weight excluding hydrogens is 346 g/mol. The van der Waals surface area contributed by atoms with E-state index in [1.165, 1.54) is 22.3 Å². The van der Waals surface area contributed by atoms with Gasteiger partial charge in [-0.2, -0.15) is 0 Å². The van der Waals surface area contributed by atoms with E-state index in [4.69, 9.17) is 5.11 Å². The number of likely N-dealkylation sites (tertiary alicyclic amines) is 1. The highest BCUT2D eigenvalue weighted by Crippen LogP contribution is 2.32. The van der Waals surface area contributed by atoms with Gasteiger partial charge in [-0.1, -0.05) is 66.2 Å². The summed E-state index contributed by atoms with van der Waals surface area (Å²) >= 11 is 0. The highest BCUT2D eigenvalue weighted by atomic mass is 35.5. The first-order valence-corrected chi connectivity index (χ1v) is 9.01. The smallest absolute Gasteiger partial charge is 0.303 e. The van der Waals surface area contributed by atoms with Gasteiger partial charge in [0.2, 0.25) is 0 Å². The predicted molar refractivity (Wildman–Crippen MR) is 109 cm³/mol. The number of halogens is 1. The fourth-order valence-electron chi connectivity index (χ4n) is 3.53. The average molecular weight is 372 g/mol. The van der Waals surface area contributed by atoms with Crippen LogP contribution in [0.15, 0.2) is 66.2 Å². The maximum Gasteiger partial charge on any atom is 0.303 e. The van der Waals surface area contributed by atoms with Crippen LogP contribution in [0.1, 0.15) is 36.8 Å². The molecule has 4 heteroatoms. The van der Waals surface area contributed by atoms with E-state index < -0.39 is 5.97 Å². The van der Waals surface area contributed by atoms with Crippen LogP contribution >= 0.6 is 12.4 Å². The lowest BCUT2D eigenvalue weighted by atomic mass is 9.88. The highest BCUT2D eigenvalue weighted by Gasteiger charge is 2.18. The number of carboxylic acid groups (broad SMARTS) is 1. The molecule has 2 aromatic carbocycles. The van der Waals surface area contributed by atoms with E-state index in [9.17, 15) is 4.79 Å². The average Bonchev–Trinajstić information content (AvgIpc) is 2.65. The van der Waals surface area contributed by atoms with Crippen LogP contribution in [0.3, 0.4) is 0 Å². The van der Waals surface area contributed by atoms with E-state index >= 15 is 0 Å². The Balaban J connectivity index is 0.00000243. The Morgan fingerprint density at radius 3 is 1.85 bits per heavy atom. The summed E-state index contributed by atoms with van der Waals surface area (Å²) in [6, 6.07) is 21.3. The number of carboxylic acids is 1. The third-order valence-electron chi connectivity index (χ3n) is 4.80. The van der Waals surface area contributed by atoms with Crippen molar-refractivity contribution in [2.75, 3.05) is 19.6 Å². The summed E-state index contributed by atoms with van der Waals surface area (Å²) in [5.41, 5.74) is 5.43. The Labute approximate surface area is 161 Å². The molecule has 0 atom stereocenters. The number of hydrogen-bond donors (Lipinski definition) is 1. The fourth-order valence-corrected chi connectivity index (χ4v) is 3.53. The van der Waals surface area contributed by atoms with Gasteiger partial charge in [-0.15, -0.1) is 12.4 Å². The topological polar surface area (TPSA) is 40.5 Å². The molecule has 1 heterocycles. The van der Waals surface area contributed by atoms with Gasteiger partial charge in [0, 0.05) is 19.5 Å². The van der Waals surface area contributed by atoms with Gasteiger partial charge in [0.25, 0.3) is 0 Å². The van der Waals surface area contributed by atoms with Gasteiger partial charge in [0.15, 0.2) is 0 Å². The molecular formula is C22H26ClNO2. The van der Waals surface area contributed by atoms with Crippen molar-refractivity contribution < 1.29 is 9.90 Å². The van der Waals surface area contributed by atoms with Crippen LogP contribution < -0.4 is 0 Å². The zero-order chi connectivity index (χ0) is 17.5. The Kier molecular flexibility index (Phi) is 7.89. The van der Waals surface area contributed by atoms with Gasteiger partial charge in [0.1, 0.15) is 0 Å². The molecule has 1 aliphatic rings. The van der Waals surface area contributed by atoms with Gasteiger partial charge >= 0.3 is 5.97 Å². The van der Waals surface area contributed by atoms with Gasteiger partial charge in [-0.25, -0.2) is 0 Å². The number of carbonyl (C=O) groups is 1. The molecule has 3 nitrogen and oxygen atoms in total. The van der Waals surface area contributed by atoms with Crippen LogP contribution in [0.5, 0.6) is 0 Å². The van der Waals surface area contributed by atoms with Crippen LogP contribution in [-0.4, -0.2) is 35.6 Å². The number of aliphatic carboxylic acids is 1. The molecule has 0 aliphatic carbocycles. The summed E-state index contributed by atoms with van der Waals surface area (Å²) in [5, 5.41) is 8.78. The summed E-state index contributed by atoms with van der Waals surface area (Å²) in [7, 11) is 0. The molecule has 1 aliphatic heterocycles. The molecule has 0 amide bonds. The molecule has 2 aromatic rings. The molecule has 138 valence electrons. The number of benzene rings is 2. The van der Waals surface area contributed by atoms with E-state index in [0.29, 0.717) is 0 Å². The molecule has 26 heavy (non-hydrogen) atoms. The first-order valence-electron chi connectivity index (χ1n) is 9.01. The molecule has 0 bridgehead atoms. The van der Waals surface area contributed by atoms with E-state index in [1.54, 1.807) is 0 Å². The summed E-state index contributed by atoms with van der Waals surface area (Å²) < 4.78 is 0. The number of piperidine rings is 1. The van der Waals surface area contributed by atoms with Crippen molar-refractivity contribution in [1.82, 2.24) is 4.90 Å². The lowest BCUT2D eigenvalue weighted by Crippen LogP contribution is -2.32. The van der Waals surface area contributed by atoms with Crippen molar-refractivity contribution in [3.63, 3.8) is 0 Å². The molecule has 3 rings (SSSR count). The summed E-state index contributed by atoms with van der Waals surface area (Å²) in [6.07, 6.45) is 3.09. The fraction of sp³-hybridized carbons (Fsp3) is 0.318. The second-order valence-corrected chi connectivity index (χ2v) is 6.55. The lowest BCUT2D eigenvalue weighted by molar-refractivity contribution is -0.137. The van der Waals surface area contributed by atoms with Crippen molar-refractivity contribution in [3.8, 4) is 0 Å². The van der Waals surface area contributed by atoms with E-state index in [0.717, 1.165) is 38.9 Å². The van der Waals surface area contributed by atoms with Gasteiger partial charge in [0.05, 0.1) is 0 Å². The standard InChI is InChI=1S/C22H25NO2.ClH/c24-21(25)12-7-15-23-16-13-20(14-17-23)22(18-8-3-1-4-9-18)19-10-5-2-6-11-19;/h1-6,8-11H,7,12-17H2,(H,24,25);1H. The van der Waals surface area contributed by atoms with Crippen LogP contribution in [0, 0.1) is 0 Å². The summed E-state index contributed by atoms with van der Waals surface area (Å²) in [6.45, 7) is 2.90. The number of rotatable bonds is 6. The predicted octanol–water partition coefficient (Wildman–Crippen LogP) is 4.87. The van der Waals surface area contributed by atoms with Gasteiger partial charge in [-0.3, -0.25) is 4.79 Å². The molecule has 0 saturated carbocycles. The molecule has 0 aromatic heterocycles. The second-order valence-electron chi connectivity index (χ2n) is 6.55. The van der Waals surface area contributed by atoms with E-state index in [1.807, 2.05) is 0 Å². The van der Waals surface area contributed by atoms with Crippen molar-refractivity contribution in [2.24, 2.45) is 0 Å². The Morgan fingerprint density at radius 2 is 1.38 bits per heavy atom. The molecule has 1 saturated heterocycles. The van der Waals surface area contributed by atoms with Gasteiger partial charge in [-0.05, 0) is 42.5 Å². The number of nitrogens with zero attached hydrogens (tertiary/aromatic N) is 1. The maximum atomic E-state index is 10.7. The quantitative estimate of drug-likeness (QED) is 0.787. The zero-order valence-corrected chi connectivity index (χ0v) is 15.8. The normalized spacial score (nSPS) is 14.5. The molecule has 0 radical (unpaired) electrons. The minimum absolute atomic E-state index is 0. The van der Waals surface area contributed by atoms with Crippen molar-refractivity contribution in [2.45, 2.75) is 25.7 Å². The summed E-state index contributed by atoms with van der Waals surface area (Å²) in [4.78, 5) is 13.1. The van der Waals surface area contributed by atoms with E-state index in [-0.39, 0.29) is 18.8 Å². The largest absolute Gasteiger partial charge is 0.481 e. The first kappa shape index (κ1) is 20.2. The van der Waals surface area contributed by atoms with Crippen molar-refractivity contribution in [1.29, 1.82) is 0 Å². The zero-order valence-electron chi connectivity index (χ0n) is 14.9. The maximum absolute atomic E-state index is 10.7. The Hall–Kier alpha value is -2.10. The highest BCUT2D eigenvalue weighted by molar-refractivity contribution is 5.85. The van der Waals surface area contributed by atoms with Gasteiger partial charge < -0.3 is 10.0 Å². The number of hydrogen-bond acceptors (Lipinski definition) is 2. The lowest BCUT2D eigenvalue weighted by Gasteiger charge is -2.30. The summed E-state index contributed by atoms with van der Waals surface area (Å²) in [5.74, 6) is -0.701. The van der Waals surface area contributed by atoms with Crippen LogP contribution in [0.25, 0.3) is 5.57 Å². The van der Waals surface area contributed by atoms with Crippen molar-refractivity contribution in [3.05, 3.63) is 77.4 Å². The van der Waals surface area contributed by atoms with Crippen LogP contribution in [-0.2, 0) is 4.79 Å². The molecule has 1 fully saturated rings. The monoisotopic (exact) mass is 371 g/mol. The molecule has 1 N–H and O–H groups in total. The third kappa shape index (κ3) is 5.45. The molecule has 0 spiro atoms. The van der Waals surface area contributed by atoms with Crippen molar-refractivity contribution >= 4 is 23.9 Å². The third-order valence-corrected chi connectivity index (χ3v) is 4.80. The second kappa shape index (κ2) is 10.1. The Bertz CT molecular complexity index is 677. The first-order chi connectivity index (χ1) is 12.2.